The van der Waals surface area contributed by atoms with E-state index >= 15 is 0 Å². The van der Waals surface area contributed by atoms with Crippen LogP contribution >= 0.6 is 0 Å². The fourth-order valence-corrected chi connectivity index (χ4v) is 2.58. The molecule has 0 aromatic carbocycles. The number of rotatable bonds is 4. The van der Waals surface area contributed by atoms with Crippen LogP contribution < -0.4 is 16.4 Å². The van der Waals surface area contributed by atoms with Crippen LogP contribution in [-0.4, -0.2) is 39.5 Å². The van der Waals surface area contributed by atoms with Gasteiger partial charge >= 0.3 is 0 Å². The van der Waals surface area contributed by atoms with Crippen LogP contribution in [0.5, 0.6) is 0 Å². The number of likely N-dealkylation sites (tertiary alicyclic amines) is 1. The molecule has 1 saturated heterocycles. The lowest BCUT2D eigenvalue weighted by Crippen LogP contribution is -2.56. The molecule has 3 heterocycles. The van der Waals surface area contributed by atoms with Crippen molar-refractivity contribution in [2.75, 3.05) is 18.4 Å². The van der Waals surface area contributed by atoms with Crippen molar-refractivity contribution in [3.8, 4) is 11.1 Å². The largest absolute Gasteiger partial charge is 0.374 e. The molecular formula is C17H18N4O3. The van der Waals surface area contributed by atoms with Crippen LogP contribution in [-0.2, 0) is 11.8 Å². The van der Waals surface area contributed by atoms with Crippen LogP contribution in [0.4, 0.5) is 5.69 Å². The van der Waals surface area contributed by atoms with Gasteiger partial charge in [0, 0.05) is 44.2 Å². The number of aromatic amines is 1. The number of hydrogen-bond donors (Lipinski definition) is 2. The van der Waals surface area contributed by atoms with Crippen LogP contribution in [0.3, 0.4) is 0 Å². The molecule has 0 spiro atoms. The van der Waals surface area contributed by atoms with E-state index in [2.05, 4.69) is 16.9 Å². The monoisotopic (exact) mass is 326 g/mol. The molecule has 2 N–H and O–H groups in total. The van der Waals surface area contributed by atoms with Gasteiger partial charge in [-0.3, -0.25) is 14.4 Å². The quantitative estimate of drug-likeness (QED) is 0.803. The van der Waals surface area contributed by atoms with Gasteiger partial charge in [-0.1, -0.05) is 6.58 Å². The molecule has 0 aliphatic carbocycles. The molecule has 2 aromatic heterocycles. The average molecular weight is 326 g/mol. The van der Waals surface area contributed by atoms with E-state index in [-0.39, 0.29) is 23.1 Å². The number of anilines is 1. The molecule has 1 fully saturated rings. The molecule has 1 aliphatic heterocycles. The molecule has 0 atom stereocenters. The predicted octanol–water partition coefficient (Wildman–Crippen LogP) is 0.549. The maximum absolute atomic E-state index is 12.0. The average Bonchev–Trinajstić information content (AvgIpc) is 2.54. The van der Waals surface area contributed by atoms with Crippen molar-refractivity contribution in [2.24, 2.45) is 7.05 Å². The van der Waals surface area contributed by atoms with Gasteiger partial charge < -0.3 is 19.8 Å². The molecule has 7 heteroatoms. The van der Waals surface area contributed by atoms with E-state index in [1.54, 1.807) is 30.4 Å². The van der Waals surface area contributed by atoms with E-state index < -0.39 is 0 Å². The summed E-state index contributed by atoms with van der Waals surface area (Å²) in [6.45, 7) is 4.51. The highest BCUT2D eigenvalue weighted by molar-refractivity contribution is 5.87. The van der Waals surface area contributed by atoms with E-state index in [4.69, 9.17) is 0 Å². The maximum atomic E-state index is 12.0. The second-order valence-electron chi connectivity index (χ2n) is 5.78. The highest BCUT2D eigenvalue weighted by Gasteiger charge is 2.29. The topological polar surface area (TPSA) is 87.2 Å². The van der Waals surface area contributed by atoms with Gasteiger partial charge in [-0.15, -0.1) is 0 Å². The van der Waals surface area contributed by atoms with Gasteiger partial charge in [-0.2, -0.15) is 0 Å². The standard InChI is InChI=1S/C17H18N4O3/c1-3-15(22)21-9-13(10-21)19-14-6-12(8-18-17(14)24)11-4-5-20(2)16(23)7-11/h3-8,13,19H,1,9-10H2,2H3,(H,18,24). The van der Waals surface area contributed by atoms with Gasteiger partial charge in [0.2, 0.25) is 5.91 Å². The Morgan fingerprint density at radius 3 is 2.75 bits per heavy atom. The number of nitrogens with zero attached hydrogens (tertiary/aromatic N) is 2. The van der Waals surface area contributed by atoms with Gasteiger partial charge in [0.25, 0.3) is 11.1 Å². The Morgan fingerprint density at radius 2 is 2.08 bits per heavy atom. The van der Waals surface area contributed by atoms with Crippen LogP contribution in [0.1, 0.15) is 0 Å². The normalized spacial score (nSPS) is 14.1. The summed E-state index contributed by atoms with van der Waals surface area (Å²) in [7, 11) is 1.68. The van der Waals surface area contributed by atoms with Gasteiger partial charge in [-0.25, -0.2) is 0 Å². The van der Waals surface area contributed by atoms with Crippen molar-refractivity contribution in [1.29, 1.82) is 0 Å². The minimum atomic E-state index is -0.240. The van der Waals surface area contributed by atoms with E-state index in [1.807, 2.05) is 6.07 Å². The van der Waals surface area contributed by atoms with Crippen LogP contribution in [0.2, 0.25) is 0 Å². The summed E-state index contributed by atoms with van der Waals surface area (Å²) in [5.41, 5.74) is 1.54. The van der Waals surface area contributed by atoms with Crippen molar-refractivity contribution in [3.05, 3.63) is 64.0 Å². The minimum Gasteiger partial charge on any atom is -0.374 e. The number of pyridine rings is 2. The van der Waals surface area contributed by atoms with Crippen molar-refractivity contribution >= 4 is 11.6 Å². The third-order valence-electron chi connectivity index (χ3n) is 4.07. The van der Waals surface area contributed by atoms with Crippen LogP contribution in [0.25, 0.3) is 11.1 Å². The first kappa shape index (κ1) is 15.8. The summed E-state index contributed by atoms with van der Waals surface area (Å²) in [5.74, 6) is -0.115. The van der Waals surface area contributed by atoms with Gasteiger partial charge in [0.05, 0.1) is 6.04 Å². The summed E-state index contributed by atoms with van der Waals surface area (Å²) in [4.78, 5) is 39.5. The predicted molar refractivity (Wildman–Crippen MR) is 91.9 cm³/mol. The minimum absolute atomic E-state index is 0.0221. The van der Waals surface area contributed by atoms with Crippen molar-refractivity contribution < 1.29 is 4.79 Å². The SMILES string of the molecule is C=CC(=O)N1CC(Nc2cc(-c3ccn(C)c(=O)c3)c[nH]c2=O)C1. The molecule has 124 valence electrons. The number of aryl methyl sites for hydroxylation is 1. The Bertz CT molecular complexity index is 907. The Kier molecular flexibility index (Phi) is 4.07. The second-order valence-corrected chi connectivity index (χ2v) is 5.78. The van der Waals surface area contributed by atoms with E-state index in [0.717, 1.165) is 11.1 Å². The zero-order valence-corrected chi connectivity index (χ0v) is 13.3. The lowest BCUT2D eigenvalue weighted by Gasteiger charge is -2.39. The van der Waals surface area contributed by atoms with E-state index in [1.165, 1.54) is 16.7 Å². The Morgan fingerprint density at radius 1 is 1.33 bits per heavy atom. The zero-order chi connectivity index (χ0) is 17.3. The lowest BCUT2D eigenvalue weighted by atomic mass is 10.1. The molecule has 0 saturated carbocycles. The molecule has 0 bridgehead atoms. The Balaban J connectivity index is 1.79. The van der Waals surface area contributed by atoms with Crippen LogP contribution in [0, 0.1) is 0 Å². The highest BCUT2D eigenvalue weighted by Crippen LogP contribution is 2.20. The fraction of sp³-hybridized carbons (Fsp3) is 0.235. The molecule has 2 aromatic rings. The first-order chi connectivity index (χ1) is 11.5. The molecule has 1 aliphatic rings. The summed E-state index contributed by atoms with van der Waals surface area (Å²) < 4.78 is 1.48. The van der Waals surface area contributed by atoms with Crippen LogP contribution in [0.15, 0.2) is 52.8 Å². The van der Waals surface area contributed by atoms with E-state index in [9.17, 15) is 14.4 Å². The third kappa shape index (κ3) is 3.01. The maximum Gasteiger partial charge on any atom is 0.271 e. The smallest absolute Gasteiger partial charge is 0.271 e. The summed E-state index contributed by atoms with van der Waals surface area (Å²) in [6.07, 6.45) is 4.54. The third-order valence-corrected chi connectivity index (χ3v) is 4.07. The lowest BCUT2D eigenvalue weighted by molar-refractivity contribution is -0.129. The Hall–Kier alpha value is -3.09. The van der Waals surface area contributed by atoms with Crippen molar-refractivity contribution in [2.45, 2.75) is 6.04 Å². The molecule has 7 nitrogen and oxygen atoms in total. The van der Waals surface area contributed by atoms with Gasteiger partial charge in [0.15, 0.2) is 0 Å². The Labute approximate surface area is 138 Å². The number of nitrogens with one attached hydrogen (secondary N) is 2. The number of H-pyrrole nitrogens is 1. The first-order valence-electron chi connectivity index (χ1n) is 7.55. The molecule has 3 rings (SSSR count). The molecule has 1 amide bonds. The first-order valence-corrected chi connectivity index (χ1v) is 7.55. The van der Waals surface area contributed by atoms with Crippen molar-refractivity contribution in [3.63, 3.8) is 0 Å². The molecule has 0 radical (unpaired) electrons. The van der Waals surface area contributed by atoms with Gasteiger partial charge in [-0.05, 0) is 23.8 Å². The highest BCUT2D eigenvalue weighted by atomic mass is 16.2. The zero-order valence-electron chi connectivity index (χ0n) is 13.3. The summed E-state index contributed by atoms with van der Waals surface area (Å²) >= 11 is 0. The summed E-state index contributed by atoms with van der Waals surface area (Å²) in [5, 5.41) is 3.14. The number of carbonyl (C=O) groups excluding carboxylic acids is 1. The molecular weight excluding hydrogens is 308 g/mol. The number of carbonyl (C=O) groups is 1. The number of hydrogen-bond acceptors (Lipinski definition) is 4. The number of aromatic nitrogens is 2. The number of amides is 1. The molecule has 0 unspecified atom stereocenters. The van der Waals surface area contributed by atoms with E-state index in [0.29, 0.717) is 18.8 Å². The second kappa shape index (κ2) is 6.19. The van der Waals surface area contributed by atoms with Gasteiger partial charge in [0.1, 0.15) is 5.69 Å². The fourth-order valence-electron chi connectivity index (χ4n) is 2.58. The summed E-state index contributed by atoms with van der Waals surface area (Å²) in [6, 6.07) is 5.07. The molecule has 24 heavy (non-hydrogen) atoms. The van der Waals surface area contributed by atoms with Crippen molar-refractivity contribution in [1.82, 2.24) is 14.5 Å².